The SMILES string of the molecule is CC.CC.CC.CCC(=O)CCOCC(COCCC(C)=O)(COCCC(=O)CC)NC(=O)c1ccc(-c2ccc(C(=O)CC)cc2)nc1. The molecule has 0 saturated carbocycles. The number of ether oxygens (including phenoxy) is 3. The van der Waals surface area contributed by atoms with Gasteiger partial charge in [0, 0.05) is 55.8 Å². The largest absolute Gasteiger partial charge is 0.378 e. The van der Waals surface area contributed by atoms with Crippen LogP contribution in [0.25, 0.3) is 11.3 Å². The van der Waals surface area contributed by atoms with Crippen LogP contribution in [0.1, 0.15) is 128 Å². The zero-order valence-electron chi connectivity index (χ0n) is 31.7. The van der Waals surface area contributed by atoms with Crippen LogP contribution < -0.4 is 5.32 Å². The molecule has 276 valence electrons. The van der Waals surface area contributed by atoms with Gasteiger partial charge in [-0.2, -0.15) is 0 Å². The summed E-state index contributed by atoms with van der Waals surface area (Å²) >= 11 is 0. The van der Waals surface area contributed by atoms with E-state index in [0.717, 1.165) is 5.56 Å². The Labute approximate surface area is 295 Å². The zero-order chi connectivity index (χ0) is 37.7. The van der Waals surface area contributed by atoms with Gasteiger partial charge in [-0.05, 0) is 19.1 Å². The van der Waals surface area contributed by atoms with Crippen molar-refractivity contribution in [2.24, 2.45) is 0 Å². The quantitative estimate of drug-likeness (QED) is 0.0977. The van der Waals surface area contributed by atoms with Crippen molar-refractivity contribution in [3.05, 3.63) is 53.7 Å². The molecule has 1 N–H and O–H groups in total. The van der Waals surface area contributed by atoms with Crippen LogP contribution in [0.4, 0.5) is 0 Å². The molecule has 2 aromatic rings. The van der Waals surface area contributed by atoms with Gasteiger partial charge in [0.05, 0.1) is 50.9 Å². The van der Waals surface area contributed by atoms with E-state index in [1.807, 2.05) is 60.6 Å². The molecule has 1 heterocycles. The van der Waals surface area contributed by atoms with Gasteiger partial charge in [-0.15, -0.1) is 0 Å². The Balaban J connectivity index is 0. The Morgan fingerprint density at radius 2 is 1.08 bits per heavy atom. The number of hydrogen-bond donors (Lipinski definition) is 1. The minimum absolute atomic E-state index is 0.0220. The number of rotatable bonds is 22. The molecule has 0 saturated heterocycles. The van der Waals surface area contributed by atoms with E-state index in [4.69, 9.17) is 14.2 Å². The minimum Gasteiger partial charge on any atom is -0.378 e. The van der Waals surface area contributed by atoms with Gasteiger partial charge in [-0.25, -0.2) is 0 Å². The number of carbonyl (C=O) groups excluding carboxylic acids is 5. The lowest BCUT2D eigenvalue weighted by atomic mass is 10.0. The van der Waals surface area contributed by atoms with E-state index in [0.29, 0.717) is 30.5 Å². The summed E-state index contributed by atoms with van der Waals surface area (Å²) in [6.45, 7) is 19.2. The number of benzene rings is 1. The normalized spacial score (nSPS) is 10.2. The van der Waals surface area contributed by atoms with Crippen molar-refractivity contribution in [3.63, 3.8) is 0 Å². The first kappa shape index (κ1) is 47.5. The molecule has 0 aliphatic carbocycles. The van der Waals surface area contributed by atoms with Crippen LogP contribution in [0.2, 0.25) is 0 Å². The fourth-order valence-electron chi connectivity index (χ4n) is 4.02. The van der Waals surface area contributed by atoms with Crippen LogP contribution in [-0.4, -0.2) is 79.2 Å². The highest BCUT2D eigenvalue weighted by molar-refractivity contribution is 5.96. The summed E-state index contributed by atoms with van der Waals surface area (Å²) in [6.07, 6.45) is 3.36. The van der Waals surface area contributed by atoms with Crippen LogP contribution >= 0.6 is 0 Å². The molecule has 1 aromatic heterocycles. The summed E-state index contributed by atoms with van der Waals surface area (Å²) in [7, 11) is 0. The summed E-state index contributed by atoms with van der Waals surface area (Å²) in [5, 5.41) is 2.98. The topological polar surface area (TPSA) is 138 Å². The molecule has 0 radical (unpaired) electrons. The maximum Gasteiger partial charge on any atom is 0.253 e. The number of carbonyl (C=O) groups is 5. The first-order valence-corrected chi connectivity index (χ1v) is 17.8. The molecule has 49 heavy (non-hydrogen) atoms. The molecule has 10 nitrogen and oxygen atoms in total. The van der Waals surface area contributed by atoms with Crippen molar-refractivity contribution in [3.8, 4) is 11.3 Å². The Hall–Kier alpha value is -3.60. The monoisotopic (exact) mass is 686 g/mol. The summed E-state index contributed by atoms with van der Waals surface area (Å²) in [5.41, 5.74) is 1.19. The number of pyridine rings is 1. The molecule has 0 fully saturated rings. The highest BCUT2D eigenvalue weighted by Crippen LogP contribution is 2.19. The Kier molecular flexibility index (Phi) is 28.4. The lowest BCUT2D eigenvalue weighted by Gasteiger charge is -2.34. The molecule has 1 aromatic carbocycles. The van der Waals surface area contributed by atoms with Crippen LogP contribution in [0.3, 0.4) is 0 Å². The fourth-order valence-corrected chi connectivity index (χ4v) is 4.02. The molecule has 0 unspecified atom stereocenters. The zero-order valence-corrected chi connectivity index (χ0v) is 31.7. The van der Waals surface area contributed by atoms with Gasteiger partial charge < -0.3 is 19.5 Å². The van der Waals surface area contributed by atoms with Gasteiger partial charge in [-0.1, -0.05) is 86.6 Å². The third kappa shape index (κ3) is 19.9. The molecule has 0 aliphatic heterocycles. The average Bonchev–Trinajstić information content (AvgIpc) is 3.15. The predicted octanol–water partition coefficient (Wildman–Crippen LogP) is 7.66. The molecule has 10 heteroatoms. The molecular formula is C39H62N2O8. The van der Waals surface area contributed by atoms with Crippen LogP contribution in [0.15, 0.2) is 42.6 Å². The molecular weight excluding hydrogens is 624 g/mol. The summed E-state index contributed by atoms with van der Waals surface area (Å²) in [4.78, 5) is 64.8. The van der Waals surface area contributed by atoms with Gasteiger partial charge >= 0.3 is 0 Å². The van der Waals surface area contributed by atoms with Crippen molar-refractivity contribution in [1.29, 1.82) is 0 Å². The van der Waals surface area contributed by atoms with Crippen LogP contribution in [0, 0.1) is 0 Å². The molecule has 2 rings (SSSR count). The third-order valence-corrected chi connectivity index (χ3v) is 6.80. The number of aromatic nitrogens is 1. The molecule has 0 bridgehead atoms. The minimum atomic E-state index is -1.17. The van der Waals surface area contributed by atoms with Crippen molar-refractivity contribution in [1.82, 2.24) is 10.3 Å². The smallest absolute Gasteiger partial charge is 0.253 e. The molecule has 1 amide bonds. The number of ketones is 4. The molecule has 0 atom stereocenters. The van der Waals surface area contributed by atoms with E-state index in [9.17, 15) is 24.0 Å². The second-order valence-electron chi connectivity index (χ2n) is 10.4. The van der Waals surface area contributed by atoms with E-state index in [-0.39, 0.29) is 87.6 Å². The Morgan fingerprint density at radius 3 is 1.47 bits per heavy atom. The van der Waals surface area contributed by atoms with Crippen LogP contribution in [0.5, 0.6) is 0 Å². The highest BCUT2D eigenvalue weighted by Gasteiger charge is 2.34. The standard InChI is InChI=1S/C33H44N2O8.3C2H6/c1-5-28(37)15-18-42-22-33(21-41-17-14-24(4)36,23-43-19-16-29(38)6-2)35-32(40)27-12-13-30(34-20-27)25-8-10-26(11-9-25)31(39)7-3;3*1-2/h8-13,20H,5-7,14-19,21-23H2,1-4H3,(H,35,40);3*1-2H3. The number of amides is 1. The second kappa shape index (κ2) is 29.3. The third-order valence-electron chi connectivity index (χ3n) is 6.80. The van der Waals surface area contributed by atoms with E-state index >= 15 is 0 Å². The lowest BCUT2D eigenvalue weighted by Crippen LogP contribution is -2.58. The van der Waals surface area contributed by atoms with Crippen molar-refractivity contribution in [2.75, 3.05) is 39.6 Å². The van der Waals surface area contributed by atoms with Crippen molar-refractivity contribution >= 4 is 29.0 Å². The first-order valence-electron chi connectivity index (χ1n) is 17.8. The maximum atomic E-state index is 13.5. The molecule has 0 spiro atoms. The van der Waals surface area contributed by atoms with E-state index in [1.54, 1.807) is 38.1 Å². The summed E-state index contributed by atoms with van der Waals surface area (Å²) in [6, 6.07) is 10.5. The van der Waals surface area contributed by atoms with Crippen molar-refractivity contribution in [2.45, 2.75) is 113 Å². The lowest BCUT2D eigenvalue weighted by molar-refractivity contribution is -0.120. The van der Waals surface area contributed by atoms with Gasteiger partial charge in [-0.3, -0.25) is 29.0 Å². The van der Waals surface area contributed by atoms with Gasteiger partial charge in [0.2, 0.25) is 0 Å². The first-order chi connectivity index (χ1) is 23.6. The highest BCUT2D eigenvalue weighted by atomic mass is 16.5. The summed E-state index contributed by atoms with van der Waals surface area (Å²) < 4.78 is 17.4. The average molecular weight is 687 g/mol. The maximum absolute atomic E-state index is 13.5. The molecule has 0 aliphatic rings. The van der Waals surface area contributed by atoms with Gasteiger partial charge in [0.25, 0.3) is 5.91 Å². The van der Waals surface area contributed by atoms with Crippen molar-refractivity contribution < 1.29 is 38.2 Å². The van der Waals surface area contributed by atoms with E-state index in [2.05, 4.69) is 10.3 Å². The number of Topliss-reactive ketones (excluding diaryl/α,β-unsaturated/α-hetero) is 4. The fraction of sp³-hybridized carbons (Fsp3) is 0.590. The number of nitrogens with one attached hydrogen (secondary N) is 1. The number of nitrogens with zero attached hydrogens (tertiary/aromatic N) is 1. The Bertz CT molecular complexity index is 1190. The van der Waals surface area contributed by atoms with Crippen LogP contribution in [-0.2, 0) is 28.6 Å². The predicted molar refractivity (Wildman–Crippen MR) is 196 cm³/mol. The van der Waals surface area contributed by atoms with E-state index in [1.165, 1.54) is 13.1 Å². The van der Waals surface area contributed by atoms with E-state index < -0.39 is 11.4 Å². The second-order valence-corrected chi connectivity index (χ2v) is 10.4. The van der Waals surface area contributed by atoms with Gasteiger partial charge in [0.1, 0.15) is 22.9 Å². The van der Waals surface area contributed by atoms with Gasteiger partial charge in [0.15, 0.2) is 5.78 Å². The summed E-state index contributed by atoms with van der Waals surface area (Å²) in [5.74, 6) is -0.309. The number of hydrogen-bond acceptors (Lipinski definition) is 9. The Morgan fingerprint density at radius 1 is 0.633 bits per heavy atom.